The van der Waals surface area contributed by atoms with Crippen molar-refractivity contribution >= 4 is 11.8 Å². The number of aryl methyl sites for hydroxylation is 2. The molecule has 1 aromatic carbocycles. The van der Waals surface area contributed by atoms with Crippen LogP contribution in [0.4, 0.5) is 0 Å². The second-order valence-corrected chi connectivity index (χ2v) is 8.46. The van der Waals surface area contributed by atoms with E-state index >= 15 is 0 Å². The van der Waals surface area contributed by atoms with Gasteiger partial charge in [0, 0.05) is 12.4 Å². The lowest BCUT2D eigenvalue weighted by Crippen LogP contribution is -2.23. The van der Waals surface area contributed by atoms with Crippen LogP contribution in [0.5, 0.6) is 0 Å². The van der Waals surface area contributed by atoms with Crippen LogP contribution >= 0.6 is 11.8 Å². The van der Waals surface area contributed by atoms with Crippen molar-refractivity contribution in [3.05, 3.63) is 40.7 Å². The zero-order chi connectivity index (χ0) is 17.9. The SMILES string of the molecule is Cc1cc(C)cc(CSc2nnc(C3CCCN3)n2CC2CCCO2)c1. The number of hydrogen-bond donors (Lipinski definition) is 1. The minimum absolute atomic E-state index is 0.298. The maximum Gasteiger partial charge on any atom is 0.191 e. The Morgan fingerprint density at radius 2 is 2.00 bits per heavy atom. The summed E-state index contributed by atoms with van der Waals surface area (Å²) in [4.78, 5) is 0. The summed E-state index contributed by atoms with van der Waals surface area (Å²) >= 11 is 1.79. The number of rotatable bonds is 6. The lowest BCUT2D eigenvalue weighted by Gasteiger charge is -2.17. The maximum absolute atomic E-state index is 5.89. The molecule has 140 valence electrons. The van der Waals surface area contributed by atoms with Crippen LogP contribution in [0.15, 0.2) is 23.4 Å². The van der Waals surface area contributed by atoms with Gasteiger partial charge in [-0.15, -0.1) is 10.2 Å². The van der Waals surface area contributed by atoms with Crippen LogP contribution in [-0.2, 0) is 17.0 Å². The van der Waals surface area contributed by atoms with Gasteiger partial charge in [-0.05, 0) is 51.6 Å². The minimum Gasteiger partial charge on any atom is -0.376 e. The number of nitrogens with one attached hydrogen (secondary N) is 1. The average Bonchev–Trinajstić information content (AvgIpc) is 3.35. The summed E-state index contributed by atoms with van der Waals surface area (Å²) in [5.74, 6) is 2.01. The molecule has 6 heteroatoms. The third-order valence-electron chi connectivity index (χ3n) is 5.18. The van der Waals surface area contributed by atoms with E-state index in [0.29, 0.717) is 12.1 Å². The number of nitrogens with zero attached hydrogens (tertiary/aromatic N) is 3. The lowest BCUT2D eigenvalue weighted by molar-refractivity contribution is 0.0937. The standard InChI is InChI=1S/C20H28N4OS/c1-14-9-15(2)11-16(10-14)13-26-20-23-22-19(18-6-3-7-21-18)24(20)12-17-5-4-8-25-17/h9-11,17-18,21H,3-8,12-13H2,1-2H3. The number of hydrogen-bond acceptors (Lipinski definition) is 5. The Labute approximate surface area is 159 Å². The molecule has 2 aliphatic rings. The molecule has 2 aliphatic heterocycles. The van der Waals surface area contributed by atoms with Gasteiger partial charge in [-0.3, -0.25) is 0 Å². The monoisotopic (exact) mass is 372 g/mol. The Balaban J connectivity index is 1.53. The van der Waals surface area contributed by atoms with Gasteiger partial charge >= 0.3 is 0 Å². The van der Waals surface area contributed by atoms with Gasteiger partial charge in [0.2, 0.25) is 0 Å². The first-order chi connectivity index (χ1) is 12.7. The van der Waals surface area contributed by atoms with E-state index in [1.54, 1.807) is 11.8 Å². The van der Waals surface area contributed by atoms with Gasteiger partial charge in [-0.1, -0.05) is 41.1 Å². The molecule has 5 nitrogen and oxygen atoms in total. The Hall–Kier alpha value is -1.37. The quantitative estimate of drug-likeness (QED) is 0.782. The van der Waals surface area contributed by atoms with Crippen LogP contribution in [0.1, 0.15) is 54.2 Å². The summed E-state index contributed by atoms with van der Waals surface area (Å²) in [6, 6.07) is 7.08. The Kier molecular flexibility index (Phi) is 5.62. The third kappa shape index (κ3) is 4.13. The molecule has 2 atom stereocenters. The Morgan fingerprint density at radius 3 is 2.69 bits per heavy atom. The molecular weight excluding hydrogens is 344 g/mol. The fraction of sp³-hybridized carbons (Fsp3) is 0.600. The highest BCUT2D eigenvalue weighted by atomic mass is 32.2. The highest BCUT2D eigenvalue weighted by molar-refractivity contribution is 7.98. The predicted octanol–water partition coefficient (Wildman–Crippen LogP) is 3.79. The predicted molar refractivity (Wildman–Crippen MR) is 104 cm³/mol. The van der Waals surface area contributed by atoms with E-state index in [4.69, 9.17) is 4.74 Å². The highest BCUT2D eigenvalue weighted by Crippen LogP contribution is 2.29. The average molecular weight is 373 g/mol. The van der Waals surface area contributed by atoms with Crippen LogP contribution in [-0.4, -0.2) is 34.0 Å². The van der Waals surface area contributed by atoms with Crippen molar-refractivity contribution in [1.29, 1.82) is 0 Å². The number of thioether (sulfide) groups is 1. The van der Waals surface area contributed by atoms with E-state index in [2.05, 4.69) is 52.1 Å². The van der Waals surface area contributed by atoms with Crippen molar-refractivity contribution in [3.63, 3.8) is 0 Å². The van der Waals surface area contributed by atoms with E-state index < -0.39 is 0 Å². The minimum atomic E-state index is 0.298. The molecule has 1 N–H and O–H groups in total. The molecule has 0 radical (unpaired) electrons. The maximum atomic E-state index is 5.89. The van der Waals surface area contributed by atoms with Crippen LogP contribution < -0.4 is 5.32 Å². The summed E-state index contributed by atoms with van der Waals surface area (Å²) in [6.07, 6.45) is 4.95. The van der Waals surface area contributed by atoms with E-state index in [1.165, 1.54) is 23.1 Å². The van der Waals surface area contributed by atoms with Crippen molar-refractivity contribution in [2.45, 2.75) is 69.1 Å². The fourth-order valence-corrected chi connectivity index (χ4v) is 4.92. The fourth-order valence-electron chi connectivity index (χ4n) is 4.03. The van der Waals surface area contributed by atoms with Gasteiger partial charge in [0.1, 0.15) is 0 Å². The second kappa shape index (κ2) is 8.11. The molecule has 2 aromatic rings. The molecule has 26 heavy (non-hydrogen) atoms. The number of benzene rings is 1. The normalized spacial score (nSPS) is 23.0. The molecule has 0 saturated carbocycles. The van der Waals surface area contributed by atoms with E-state index in [9.17, 15) is 0 Å². The topological polar surface area (TPSA) is 52.0 Å². The van der Waals surface area contributed by atoms with Gasteiger partial charge in [-0.25, -0.2) is 0 Å². The second-order valence-electron chi connectivity index (χ2n) is 7.52. The molecule has 4 rings (SSSR count). The van der Waals surface area contributed by atoms with Crippen molar-refractivity contribution in [3.8, 4) is 0 Å². The molecule has 2 unspecified atom stereocenters. The first kappa shape index (κ1) is 18.0. The molecule has 0 spiro atoms. The summed E-state index contributed by atoms with van der Waals surface area (Å²) < 4.78 is 8.20. The van der Waals surface area contributed by atoms with Crippen LogP contribution in [0.2, 0.25) is 0 Å². The molecule has 1 aromatic heterocycles. The summed E-state index contributed by atoms with van der Waals surface area (Å²) in [6.45, 7) is 7.14. The third-order valence-corrected chi connectivity index (χ3v) is 6.21. The first-order valence-corrected chi connectivity index (χ1v) is 10.7. The van der Waals surface area contributed by atoms with E-state index in [1.807, 2.05) is 0 Å². The van der Waals surface area contributed by atoms with Crippen molar-refractivity contribution < 1.29 is 4.74 Å². The van der Waals surface area contributed by atoms with Crippen molar-refractivity contribution in [2.24, 2.45) is 0 Å². The largest absolute Gasteiger partial charge is 0.376 e. The molecule has 0 bridgehead atoms. The highest BCUT2D eigenvalue weighted by Gasteiger charge is 2.27. The zero-order valence-electron chi connectivity index (χ0n) is 15.7. The van der Waals surface area contributed by atoms with Crippen LogP contribution in [0, 0.1) is 13.8 Å². The molecule has 2 fully saturated rings. The Morgan fingerprint density at radius 1 is 1.15 bits per heavy atom. The van der Waals surface area contributed by atoms with Gasteiger partial charge in [0.05, 0.1) is 18.7 Å². The van der Waals surface area contributed by atoms with E-state index in [-0.39, 0.29) is 0 Å². The number of aromatic nitrogens is 3. The van der Waals surface area contributed by atoms with Crippen molar-refractivity contribution in [2.75, 3.05) is 13.2 Å². The summed E-state index contributed by atoms with van der Waals surface area (Å²) in [5.41, 5.74) is 3.98. The smallest absolute Gasteiger partial charge is 0.191 e. The number of ether oxygens (including phenoxy) is 1. The molecule has 3 heterocycles. The molecule has 0 amide bonds. The molecule has 0 aliphatic carbocycles. The van der Waals surface area contributed by atoms with Crippen molar-refractivity contribution in [1.82, 2.24) is 20.1 Å². The van der Waals surface area contributed by atoms with Crippen LogP contribution in [0.3, 0.4) is 0 Å². The van der Waals surface area contributed by atoms with E-state index in [0.717, 1.165) is 55.7 Å². The van der Waals surface area contributed by atoms with Crippen LogP contribution in [0.25, 0.3) is 0 Å². The summed E-state index contributed by atoms with van der Waals surface area (Å²) in [5, 5.41) is 13.7. The van der Waals surface area contributed by atoms with Gasteiger partial charge < -0.3 is 14.6 Å². The first-order valence-electron chi connectivity index (χ1n) is 9.67. The Bertz CT molecular complexity index is 728. The molecular formula is C20H28N4OS. The molecule has 2 saturated heterocycles. The van der Waals surface area contributed by atoms with Gasteiger partial charge in [0.15, 0.2) is 11.0 Å². The zero-order valence-corrected chi connectivity index (χ0v) is 16.5. The summed E-state index contributed by atoms with van der Waals surface area (Å²) in [7, 11) is 0. The van der Waals surface area contributed by atoms with Gasteiger partial charge in [0.25, 0.3) is 0 Å². The van der Waals surface area contributed by atoms with Gasteiger partial charge in [-0.2, -0.15) is 0 Å². The lowest BCUT2D eigenvalue weighted by atomic mass is 10.1.